The molecule has 0 atom stereocenters. The molecule has 0 bridgehead atoms. The van der Waals surface area contributed by atoms with Crippen LogP contribution in [-0.4, -0.2) is 18.6 Å². The monoisotopic (exact) mass is 345 g/mol. The summed E-state index contributed by atoms with van der Waals surface area (Å²) in [7, 11) is -3.86. The van der Waals surface area contributed by atoms with Crippen LogP contribution in [0, 0.1) is 13.8 Å². The average Bonchev–Trinajstić information content (AvgIpc) is 2.97. The van der Waals surface area contributed by atoms with Gasteiger partial charge < -0.3 is 4.42 Å². The van der Waals surface area contributed by atoms with Crippen molar-refractivity contribution in [2.24, 2.45) is 0 Å². The van der Waals surface area contributed by atoms with E-state index in [0.717, 1.165) is 11.1 Å². The van der Waals surface area contributed by atoms with Gasteiger partial charge in [-0.1, -0.05) is 6.07 Å². The van der Waals surface area contributed by atoms with Crippen molar-refractivity contribution in [3.63, 3.8) is 0 Å². The van der Waals surface area contributed by atoms with Crippen LogP contribution in [0.5, 0.6) is 0 Å². The molecular weight excluding hydrogens is 330 g/mol. The summed E-state index contributed by atoms with van der Waals surface area (Å²) in [5, 5.41) is 5.84. The standard InChI is InChI=1S/C16H15N3O4S/c1-10-7-11(2)9-12(8-10)19-24(21,22)16-6-4-14(23-16)13-3-5-15(20)18-17-13/h3-9,19H,1-2H3,(H,18,20). The van der Waals surface area contributed by atoms with Gasteiger partial charge in [0.25, 0.3) is 15.6 Å². The van der Waals surface area contributed by atoms with Crippen LogP contribution in [0.3, 0.4) is 0 Å². The van der Waals surface area contributed by atoms with Gasteiger partial charge in [-0.25, -0.2) is 5.10 Å². The van der Waals surface area contributed by atoms with Crippen LogP contribution < -0.4 is 10.3 Å². The summed E-state index contributed by atoms with van der Waals surface area (Å²) in [6, 6.07) is 11.0. The number of benzene rings is 1. The Morgan fingerprint density at radius 3 is 2.38 bits per heavy atom. The summed E-state index contributed by atoms with van der Waals surface area (Å²) in [6.45, 7) is 3.77. The zero-order valence-electron chi connectivity index (χ0n) is 13.0. The Kier molecular flexibility index (Phi) is 3.98. The molecule has 0 saturated carbocycles. The van der Waals surface area contributed by atoms with E-state index < -0.39 is 10.0 Å². The number of anilines is 1. The van der Waals surface area contributed by atoms with Gasteiger partial charge in [0.1, 0.15) is 5.69 Å². The van der Waals surface area contributed by atoms with Gasteiger partial charge in [-0.2, -0.15) is 13.5 Å². The third kappa shape index (κ3) is 3.38. The molecule has 124 valence electrons. The maximum absolute atomic E-state index is 12.4. The number of nitrogens with one attached hydrogen (secondary N) is 2. The second-order valence-electron chi connectivity index (χ2n) is 5.41. The van der Waals surface area contributed by atoms with E-state index in [0.29, 0.717) is 11.4 Å². The zero-order valence-corrected chi connectivity index (χ0v) is 13.8. The van der Waals surface area contributed by atoms with Gasteiger partial charge in [0.15, 0.2) is 5.76 Å². The Balaban J connectivity index is 1.90. The van der Waals surface area contributed by atoms with Crippen LogP contribution >= 0.6 is 0 Å². The van der Waals surface area contributed by atoms with Gasteiger partial charge >= 0.3 is 0 Å². The molecule has 3 rings (SSSR count). The molecule has 2 N–H and O–H groups in total. The van der Waals surface area contributed by atoms with E-state index in [2.05, 4.69) is 14.9 Å². The Morgan fingerprint density at radius 2 is 1.75 bits per heavy atom. The number of hydrogen-bond acceptors (Lipinski definition) is 5. The second kappa shape index (κ2) is 5.97. The molecule has 0 spiro atoms. The lowest BCUT2D eigenvalue weighted by atomic mass is 10.1. The smallest absolute Gasteiger partial charge is 0.295 e. The molecule has 7 nitrogen and oxygen atoms in total. The van der Waals surface area contributed by atoms with Crippen molar-refractivity contribution in [1.29, 1.82) is 0 Å². The van der Waals surface area contributed by atoms with Gasteiger partial charge in [-0.05, 0) is 55.3 Å². The molecule has 0 saturated heterocycles. The van der Waals surface area contributed by atoms with Crippen LogP contribution in [0.15, 0.2) is 56.8 Å². The normalized spacial score (nSPS) is 11.4. The number of rotatable bonds is 4. The van der Waals surface area contributed by atoms with Crippen LogP contribution in [0.1, 0.15) is 11.1 Å². The van der Waals surface area contributed by atoms with Gasteiger partial charge in [-0.15, -0.1) is 0 Å². The lowest BCUT2D eigenvalue weighted by Gasteiger charge is -2.08. The minimum atomic E-state index is -3.86. The summed E-state index contributed by atoms with van der Waals surface area (Å²) in [5.41, 5.74) is 2.35. The predicted molar refractivity (Wildman–Crippen MR) is 89.3 cm³/mol. The molecule has 3 aromatic rings. The highest BCUT2D eigenvalue weighted by atomic mass is 32.2. The number of aromatic amines is 1. The first-order valence-electron chi connectivity index (χ1n) is 7.10. The molecular formula is C16H15N3O4S. The fourth-order valence-corrected chi connectivity index (χ4v) is 3.30. The van der Waals surface area contributed by atoms with Crippen LogP contribution in [0.4, 0.5) is 5.69 Å². The molecule has 0 amide bonds. The highest BCUT2D eigenvalue weighted by Crippen LogP contribution is 2.24. The number of hydrogen-bond donors (Lipinski definition) is 2. The highest BCUT2D eigenvalue weighted by molar-refractivity contribution is 7.92. The SMILES string of the molecule is Cc1cc(C)cc(NS(=O)(=O)c2ccc(-c3ccc(=O)[nH]n3)o2)c1. The molecule has 0 unspecified atom stereocenters. The number of sulfonamides is 1. The van der Waals surface area contributed by atoms with E-state index in [4.69, 9.17) is 4.42 Å². The first-order chi connectivity index (χ1) is 11.3. The van der Waals surface area contributed by atoms with Gasteiger partial charge in [0, 0.05) is 11.8 Å². The molecule has 2 heterocycles. The van der Waals surface area contributed by atoms with Crippen molar-refractivity contribution in [3.8, 4) is 11.5 Å². The largest absolute Gasteiger partial charge is 0.441 e. The fraction of sp³-hybridized carbons (Fsp3) is 0.125. The third-order valence-corrected chi connectivity index (χ3v) is 4.51. The van der Waals surface area contributed by atoms with E-state index >= 15 is 0 Å². The average molecular weight is 345 g/mol. The molecule has 0 aliphatic rings. The van der Waals surface area contributed by atoms with Crippen LogP contribution in [-0.2, 0) is 10.0 Å². The number of furan rings is 1. The first-order valence-corrected chi connectivity index (χ1v) is 8.59. The summed E-state index contributed by atoms with van der Waals surface area (Å²) in [6.07, 6.45) is 0. The maximum atomic E-state index is 12.4. The van der Waals surface area contributed by atoms with Crippen molar-refractivity contribution in [2.45, 2.75) is 18.9 Å². The summed E-state index contributed by atoms with van der Waals surface area (Å²) < 4.78 is 32.7. The van der Waals surface area contributed by atoms with E-state index in [-0.39, 0.29) is 16.4 Å². The van der Waals surface area contributed by atoms with Crippen molar-refractivity contribution < 1.29 is 12.8 Å². The summed E-state index contributed by atoms with van der Waals surface area (Å²) in [4.78, 5) is 11.0. The number of aryl methyl sites for hydroxylation is 2. The molecule has 8 heteroatoms. The zero-order chi connectivity index (χ0) is 17.3. The number of nitrogens with zero attached hydrogens (tertiary/aromatic N) is 1. The quantitative estimate of drug-likeness (QED) is 0.755. The fourth-order valence-electron chi connectivity index (χ4n) is 2.32. The van der Waals surface area contributed by atoms with Crippen molar-refractivity contribution in [3.05, 3.63) is 63.9 Å². The Hall–Kier alpha value is -2.87. The Labute approximate surface area is 138 Å². The molecule has 2 aromatic heterocycles. The van der Waals surface area contributed by atoms with E-state index in [1.165, 1.54) is 24.3 Å². The number of H-pyrrole nitrogens is 1. The molecule has 0 radical (unpaired) electrons. The molecule has 1 aromatic carbocycles. The van der Waals surface area contributed by atoms with Crippen molar-refractivity contribution >= 4 is 15.7 Å². The van der Waals surface area contributed by atoms with Gasteiger partial charge in [-0.3, -0.25) is 9.52 Å². The third-order valence-electron chi connectivity index (χ3n) is 3.25. The highest BCUT2D eigenvalue weighted by Gasteiger charge is 2.20. The van der Waals surface area contributed by atoms with E-state index in [1.807, 2.05) is 19.9 Å². The van der Waals surface area contributed by atoms with Crippen molar-refractivity contribution in [2.75, 3.05) is 4.72 Å². The van der Waals surface area contributed by atoms with Crippen LogP contribution in [0.2, 0.25) is 0 Å². The summed E-state index contributed by atoms with van der Waals surface area (Å²) in [5.74, 6) is 0.243. The van der Waals surface area contributed by atoms with Gasteiger partial charge in [0.2, 0.25) is 5.09 Å². The van der Waals surface area contributed by atoms with Gasteiger partial charge in [0.05, 0.1) is 0 Å². The molecule has 0 fully saturated rings. The summed E-state index contributed by atoms with van der Waals surface area (Å²) >= 11 is 0. The minimum absolute atomic E-state index is 0.232. The number of aromatic nitrogens is 2. The van der Waals surface area contributed by atoms with Crippen molar-refractivity contribution in [1.82, 2.24) is 10.2 Å². The lowest BCUT2D eigenvalue weighted by Crippen LogP contribution is -2.12. The second-order valence-corrected chi connectivity index (χ2v) is 7.02. The minimum Gasteiger partial charge on any atom is -0.441 e. The Morgan fingerprint density at radius 1 is 1.04 bits per heavy atom. The maximum Gasteiger partial charge on any atom is 0.295 e. The molecule has 0 aliphatic heterocycles. The topological polar surface area (TPSA) is 105 Å². The lowest BCUT2D eigenvalue weighted by molar-refractivity contribution is 0.461. The molecule has 24 heavy (non-hydrogen) atoms. The van der Waals surface area contributed by atoms with Crippen LogP contribution in [0.25, 0.3) is 11.5 Å². The molecule has 0 aliphatic carbocycles. The predicted octanol–water partition coefficient (Wildman–Crippen LogP) is 2.45. The van der Waals surface area contributed by atoms with E-state index in [9.17, 15) is 13.2 Å². The Bertz CT molecular complexity index is 1010. The van der Waals surface area contributed by atoms with E-state index in [1.54, 1.807) is 12.1 Å². The first kappa shape index (κ1) is 16.0.